The normalized spacial score (nSPS) is 26.6. The van der Waals surface area contributed by atoms with Crippen LogP contribution in [0.1, 0.15) is 48.0 Å². The molecule has 2 nitrogen and oxygen atoms in total. The Morgan fingerprint density at radius 1 is 1.07 bits per heavy atom. The minimum atomic E-state index is 0.301. The van der Waals surface area contributed by atoms with Crippen molar-refractivity contribution in [3.8, 4) is 0 Å². The lowest BCUT2D eigenvalue weighted by atomic mass is 9.83. The first-order chi connectivity index (χ1) is 6.21. The number of hydrogen-bond acceptors (Lipinski definition) is 2. The topological polar surface area (TPSA) is 15.3 Å². The summed E-state index contributed by atoms with van der Waals surface area (Å²) in [6, 6.07) is 0.668. The second-order valence-electron chi connectivity index (χ2n) is 6.50. The van der Waals surface area contributed by atoms with Crippen LogP contribution >= 0.6 is 0 Å². The van der Waals surface area contributed by atoms with Gasteiger partial charge in [0.15, 0.2) is 0 Å². The molecule has 0 aromatic rings. The second kappa shape index (κ2) is 3.82. The van der Waals surface area contributed by atoms with Crippen LogP contribution in [-0.2, 0) is 0 Å². The molecule has 0 aliphatic carbocycles. The van der Waals surface area contributed by atoms with Gasteiger partial charge in [0.25, 0.3) is 0 Å². The van der Waals surface area contributed by atoms with Gasteiger partial charge in [-0.15, -0.1) is 0 Å². The van der Waals surface area contributed by atoms with E-state index in [9.17, 15) is 0 Å². The predicted molar refractivity (Wildman–Crippen MR) is 62.3 cm³/mol. The molecule has 0 aromatic carbocycles. The van der Waals surface area contributed by atoms with E-state index in [-0.39, 0.29) is 0 Å². The van der Waals surface area contributed by atoms with Crippen molar-refractivity contribution in [3.63, 3.8) is 0 Å². The minimum absolute atomic E-state index is 0.301. The van der Waals surface area contributed by atoms with Crippen molar-refractivity contribution in [2.24, 2.45) is 5.41 Å². The Bertz CT molecular complexity index is 155. The van der Waals surface area contributed by atoms with Crippen LogP contribution in [0.15, 0.2) is 0 Å². The first-order valence-corrected chi connectivity index (χ1v) is 5.70. The highest BCUT2D eigenvalue weighted by atomic mass is 15.3. The van der Waals surface area contributed by atoms with E-state index in [2.05, 4.69) is 51.8 Å². The first-order valence-electron chi connectivity index (χ1n) is 5.70. The van der Waals surface area contributed by atoms with E-state index in [4.69, 9.17) is 0 Å². The maximum absolute atomic E-state index is 3.64. The Morgan fingerprint density at radius 2 is 1.64 bits per heavy atom. The van der Waals surface area contributed by atoms with Crippen molar-refractivity contribution in [1.29, 1.82) is 0 Å². The molecular weight excluding hydrogens is 172 g/mol. The van der Waals surface area contributed by atoms with Gasteiger partial charge in [0.2, 0.25) is 0 Å². The highest BCUT2D eigenvalue weighted by Gasteiger charge is 2.31. The van der Waals surface area contributed by atoms with E-state index >= 15 is 0 Å². The van der Waals surface area contributed by atoms with Gasteiger partial charge in [-0.05, 0) is 32.6 Å². The predicted octanol–water partition coefficient (Wildman–Crippen LogP) is 2.45. The molecule has 1 aliphatic rings. The molecule has 14 heavy (non-hydrogen) atoms. The molecule has 0 radical (unpaired) electrons. The fraction of sp³-hybridized carbons (Fsp3) is 1.00. The third-order valence-electron chi connectivity index (χ3n) is 3.21. The smallest absolute Gasteiger partial charge is 0.0487 e. The lowest BCUT2D eigenvalue weighted by Crippen LogP contribution is -2.57. The molecule has 1 heterocycles. The summed E-state index contributed by atoms with van der Waals surface area (Å²) in [4.78, 5) is 2.51. The lowest BCUT2D eigenvalue weighted by Gasteiger charge is -2.45. The standard InChI is InChI=1S/C12H26N2/c1-11(2,3)10-7-8-14(9-13-10)12(4,5)6/h10,13H,7-9H2,1-6H3. The number of nitrogens with one attached hydrogen (secondary N) is 1. The summed E-state index contributed by atoms with van der Waals surface area (Å²) in [5.74, 6) is 0. The maximum Gasteiger partial charge on any atom is 0.0487 e. The molecule has 0 spiro atoms. The second-order valence-corrected chi connectivity index (χ2v) is 6.50. The molecular formula is C12H26N2. The Hall–Kier alpha value is -0.0800. The molecule has 84 valence electrons. The number of rotatable bonds is 0. The monoisotopic (exact) mass is 198 g/mol. The van der Waals surface area contributed by atoms with Crippen molar-refractivity contribution in [2.45, 2.75) is 59.5 Å². The van der Waals surface area contributed by atoms with Crippen LogP contribution in [0.4, 0.5) is 0 Å². The van der Waals surface area contributed by atoms with Gasteiger partial charge >= 0.3 is 0 Å². The summed E-state index contributed by atoms with van der Waals surface area (Å²) in [6.45, 7) is 16.1. The molecule has 0 saturated carbocycles. The third-order valence-corrected chi connectivity index (χ3v) is 3.21. The largest absolute Gasteiger partial charge is 0.301 e. The zero-order chi connectivity index (χ0) is 11.0. The van der Waals surface area contributed by atoms with Crippen LogP contribution in [0.3, 0.4) is 0 Å². The van der Waals surface area contributed by atoms with Gasteiger partial charge in [-0.3, -0.25) is 4.90 Å². The van der Waals surface area contributed by atoms with E-state index in [1.807, 2.05) is 0 Å². The van der Waals surface area contributed by atoms with E-state index in [1.54, 1.807) is 0 Å². The van der Waals surface area contributed by atoms with Crippen molar-refractivity contribution >= 4 is 0 Å². The minimum Gasteiger partial charge on any atom is -0.301 e. The Balaban J connectivity index is 2.47. The molecule has 1 unspecified atom stereocenters. The summed E-state index contributed by atoms with van der Waals surface area (Å²) < 4.78 is 0. The summed E-state index contributed by atoms with van der Waals surface area (Å²) in [7, 11) is 0. The summed E-state index contributed by atoms with van der Waals surface area (Å²) >= 11 is 0. The van der Waals surface area contributed by atoms with Crippen LogP contribution in [0, 0.1) is 5.41 Å². The van der Waals surface area contributed by atoms with Gasteiger partial charge in [0, 0.05) is 24.8 Å². The fourth-order valence-corrected chi connectivity index (χ4v) is 2.00. The zero-order valence-electron chi connectivity index (χ0n) is 10.6. The molecule has 0 amide bonds. The average Bonchev–Trinajstić information content (AvgIpc) is 2.01. The van der Waals surface area contributed by atoms with Crippen molar-refractivity contribution in [2.75, 3.05) is 13.2 Å². The maximum atomic E-state index is 3.64. The molecule has 2 heteroatoms. The van der Waals surface area contributed by atoms with Gasteiger partial charge in [-0.2, -0.15) is 0 Å². The van der Waals surface area contributed by atoms with Gasteiger partial charge in [-0.1, -0.05) is 20.8 Å². The average molecular weight is 198 g/mol. The highest BCUT2D eigenvalue weighted by molar-refractivity contribution is 4.88. The van der Waals surface area contributed by atoms with Gasteiger partial charge < -0.3 is 5.32 Å². The van der Waals surface area contributed by atoms with Crippen LogP contribution in [0.25, 0.3) is 0 Å². The molecule has 1 rings (SSSR count). The molecule has 0 aromatic heterocycles. The van der Waals surface area contributed by atoms with Crippen LogP contribution in [0.5, 0.6) is 0 Å². The van der Waals surface area contributed by atoms with Crippen molar-refractivity contribution in [1.82, 2.24) is 10.2 Å². The molecule has 1 atom stereocenters. The number of nitrogens with zero attached hydrogens (tertiary/aromatic N) is 1. The molecule has 1 fully saturated rings. The molecule has 1 N–H and O–H groups in total. The van der Waals surface area contributed by atoms with Gasteiger partial charge in [-0.25, -0.2) is 0 Å². The quantitative estimate of drug-likeness (QED) is 0.643. The summed E-state index contributed by atoms with van der Waals surface area (Å²) in [5, 5.41) is 3.64. The zero-order valence-corrected chi connectivity index (χ0v) is 10.6. The SMILES string of the molecule is CC(C)(C)C1CCN(C(C)(C)C)CN1. The van der Waals surface area contributed by atoms with E-state index in [1.165, 1.54) is 13.0 Å². The first kappa shape index (κ1) is 12.0. The molecule has 0 bridgehead atoms. The summed E-state index contributed by atoms with van der Waals surface area (Å²) in [6.07, 6.45) is 1.26. The lowest BCUT2D eigenvalue weighted by molar-refractivity contribution is 0.0583. The van der Waals surface area contributed by atoms with Crippen molar-refractivity contribution < 1.29 is 0 Å². The Labute approximate surface area is 89.1 Å². The van der Waals surface area contributed by atoms with Crippen molar-refractivity contribution in [3.05, 3.63) is 0 Å². The van der Waals surface area contributed by atoms with Crippen LogP contribution in [-0.4, -0.2) is 29.7 Å². The van der Waals surface area contributed by atoms with E-state index < -0.39 is 0 Å². The molecule has 1 saturated heterocycles. The number of hydrogen-bond donors (Lipinski definition) is 1. The fourth-order valence-electron chi connectivity index (χ4n) is 2.00. The van der Waals surface area contributed by atoms with Gasteiger partial charge in [0.05, 0.1) is 0 Å². The third kappa shape index (κ3) is 2.96. The Morgan fingerprint density at radius 3 is 1.93 bits per heavy atom. The van der Waals surface area contributed by atoms with Crippen LogP contribution in [0.2, 0.25) is 0 Å². The van der Waals surface area contributed by atoms with Crippen LogP contribution < -0.4 is 5.32 Å². The van der Waals surface area contributed by atoms with Gasteiger partial charge in [0.1, 0.15) is 0 Å². The highest BCUT2D eigenvalue weighted by Crippen LogP contribution is 2.26. The summed E-state index contributed by atoms with van der Waals surface area (Å²) in [5.41, 5.74) is 0.694. The molecule has 1 aliphatic heterocycles. The van der Waals surface area contributed by atoms with E-state index in [0.717, 1.165) is 6.67 Å². The Kier molecular flexibility index (Phi) is 3.27. The van der Waals surface area contributed by atoms with E-state index in [0.29, 0.717) is 17.0 Å².